The monoisotopic (exact) mass is 411 g/mol. The second-order valence-corrected chi connectivity index (χ2v) is 8.67. The molecular formula is C23H33N5O2. The highest BCUT2D eigenvalue weighted by molar-refractivity contribution is 5.95. The standard InChI is InChI=1S/C23H33N5O2/c1-4-21-20(13-25-28(21)22-7-5-6-10-24-22)23(29)27-11-8-19(9-12-27)16-26-14-17(2)30-18(3)15-26/h5-7,10,13,17-19H,4,8-9,11-12,14-16H2,1-3H3. The first-order valence-corrected chi connectivity index (χ1v) is 11.2. The van der Waals surface area contributed by atoms with Crippen molar-refractivity contribution in [2.75, 3.05) is 32.7 Å². The maximum atomic E-state index is 13.2. The highest BCUT2D eigenvalue weighted by Crippen LogP contribution is 2.23. The van der Waals surface area contributed by atoms with Crippen molar-refractivity contribution >= 4 is 5.91 Å². The van der Waals surface area contributed by atoms with Crippen LogP contribution in [-0.2, 0) is 11.2 Å². The van der Waals surface area contributed by atoms with E-state index >= 15 is 0 Å². The molecule has 2 aliphatic heterocycles. The molecule has 2 aromatic rings. The van der Waals surface area contributed by atoms with Gasteiger partial charge in [-0.25, -0.2) is 9.67 Å². The van der Waals surface area contributed by atoms with E-state index in [1.807, 2.05) is 23.1 Å². The SMILES string of the molecule is CCc1c(C(=O)N2CCC(CN3CC(C)OC(C)C3)CC2)cnn1-c1ccccn1. The molecule has 7 nitrogen and oxygen atoms in total. The van der Waals surface area contributed by atoms with E-state index in [0.717, 1.165) is 63.5 Å². The Morgan fingerprint density at radius 2 is 1.90 bits per heavy atom. The van der Waals surface area contributed by atoms with Gasteiger partial charge in [-0.3, -0.25) is 9.69 Å². The third-order valence-electron chi connectivity index (χ3n) is 6.21. The smallest absolute Gasteiger partial charge is 0.257 e. The van der Waals surface area contributed by atoms with Crippen LogP contribution in [0.25, 0.3) is 5.82 Å². The van der Waals surface area contributed by atoms with E-state index in [2.05, 4.69) is 35.8 Å². The summed E-state index contributed by atoms with van der Waals surface area (Å²) in [6.07, 6.45) is 6.92. The summed E-state index contributed by atoms with van der Waals surface area (Å²) in [6, 6.07) is 5.73. The van der Waals surface area contributed by atoms with Crippen molar-refractivity contribution < 1.29 is 9.53 Å². The molecule has 7 heteroatoms. The van der Waals surface area contributed by atoms with Crippen LogP contribution in [0.1, 0.15) is 49.7 Å². The zero-order valence-electron chi connectivity index (χ0n) is 18.3. The molecule has 0 spiro atoms. The minimum absolute atomic E-state index is 0.0982. The fraction of sp³-hybridized carbons (Fsp3) is 0.609. The molecule has 2 aliphatic rings. The Morgan fingerprint density at radius 1 is 1.17 bits per heavy atom. The molecule has 2 aromatic heterocycles. The second kappa shape index (κ2) is 9.27. The summed E-state index contributed by atoms with van der Waals surface area (Å²) >= 11 is 0. The maximum Gasteiger partial charge on any atom is 0.257 e. The first-order valence-electron chi connectivity index (χ1n) is 11.2. The lowest BCUT2D eigenvalue weighted by Gasteiger charge is -2.39. The Labute approximate surface area is 179 Å². The first kappa shape index (κ1) is 21.0. The van der Waals surface area contributed by atoms with Crippen LogP contribution in [-0.4, -0.2) is 75.4 Å². The molecule has 0 radical (unpaired) electrons. The van der Waals surface area contributed by atoms with Crippen LogP contribution >= 0.6 is 0 Å². The van der Waals surface area contributed by atoms with Gasteiger partial charge in [0.25, 0.3) is 5.91 Å². The number of likely N-dealkylation sites (tertiary alicyclic amines) is 1. The molecular weight excluding hydrogens is 378 g/mol. The molecule has 2 saturated heterocycles. The summed E-state index contributed by atoms with van der Waals surface area (Å²) in [7, 11) is 0. The molecule has 2 fully saturated rings. The number of hydrogen-bond donors (Lipinski definition) is 0. The van der Waals surface area contributed by atoms with Crippen LogP contribution in [0, 0.1) is 5.92 Å². The zero-order chi connectivity index (χ0) is 21.1. The number of hydrogen-bond acceptors (Lipinski definition) is 5. The largest absolute Gasteiger partial charge is 0.373 e. The molecule has 0 saturated carbocycles. The van der Waals surface area contributed by atoms with Crippen molar-refractivity contribution in [3.05, 3.63) is 41.9 Å². The van der Waals surface area contributed by atoms with Gasteiger partial charge in [-0.1, -0.05) is 13.0 Å². The maximum absolute atomic E-state index is 13.2. The Morgan fingerprint density at radius 3 is 2.53 bits per heavy atom. The lowest BCUT2D eigenvalue weighted by molar-refractivity contribution is -0.0728. The third-order valence-corrected chi connectivity index (χ3v) is 6.21. The molecule has 0 bridgehead atoms. The van der Waals surface area contributed by atoms with E-state index in [4.69, 9.17) is 4.74 Å². The van der Waals surface area contributed by atoms with Crippen LogP contribution in [0.4, 0.5) is 0 Å². The van der Waals surface area contributed by atoms with Gasteiger partial charge in [0.05, 0.1) is 29.7 Å². The molecule has 162 valence electrons. The average Bonchev–Trinajstić information content (AvgIpc) is 3.18. The number of morpholine rings is 1. The minimum Gasteiger partial charge on any atom is -0.373 e. The quantitative estimate of drug-likeness (QED) is 0.757. The highest BCUT2D eigenvalue weighted by atomic mass is 16.5. The van der Waals surface area contributed by atoms with Crippen molar-refractivity contribution in [1.29, 1.82) is 0 Å². The summed E-state index contributed by atoms with van der Waals surface area (Å²) < 4.78 is 7.64. The predicted molar refractivity (Wildman–Crippen MR) is 116 cm³/mol. The fourth-order valence-electron chi connectivity index (χ4n) is 4.86. The number of amides is 1. The number of ether oxygens (including phenoxy) is 1. The van der Waals surface area contributed by atoms with E-state index in [1.54, 1.807) is 17.1 Å². The third kappa shape index (κ3) is 4.57. The number of pyridine rings is 1. The van der Waals surface area contributed by atoms with Crippen molar-refractivity contribution in [3.8, 4) is 5.82 Å². The van der Waals surface area contributed by atoms with Crippen molar-refractivity contribution in [2.24, 2.45) is 5.92 Å². The summed E-state index contributed by atoms with van der Waals surface area (Å²) in [4.78, 5) is 22.1. The first-order chi connectivity index (χ1) is 14.5. The molecule has 4 rings (SSSR count). The summed E-state index contributed by atoms with van der Waals surface area (Å²) in [5.74, 6) is 1.50. The van der Waals surface area contributed by atoms with Gasteiger partial charge in [0.2, 0.25) is 0 Å². The summed E-state index contributed by atoms with van der Waals surface area (Å²) in [5.41, 5.74) is 1.63. The van der Waals surface area contributed by atoms with Crippen molar-refractivity contribution in [1.82, 2.24) is 24.6 Å². The molecule has 2 atom stereocenters. The fourth-order valence-corrected chi connectivity index (χ4v) is 4.86. The van der Waals surface area contributed by atoms with E-state index in [9.17, 15) is 4.79 Å². The van der Waals surface area contributed by atoms with Crippen LogP contribution in [0.2, 0.25) is 0 Å². The molecule has 2 unspecified atom stereocenters. The van der Waals surface area contributed by atoms with Gasteiger partial charge in [0, 0.05) is 38.9 Å². The van der Waals surface area contributed by atoms with Crippen LogP contribution in [0.5, 0.6) is 0 Å². The van der Waals surface area contributed by atoms with Crippen LogP contribution < -0.4 is 0 Å². The van der Waals surface area contributed by atoms with E-state index in [1.165, 1.54) is 0 Å². The number of nitrogens with zero attached hydrogens (tertiary/aromatic N) is 5. The molecule has 4 heterocycles. The topological polar surface area (TPSA) is 63.5 Å². The Hall–Kier alpha value is -2.25. The van der Waals surface area contributed by atoms with Gasteiger partial charge in [-0.2, -0.15) is 5.10 Å². The average molecular weight is 412 g/mol. The minimum atomic E-state index is 0.0982. The van der Waals surface area contributed by atoms with Crippen molar-refractivity contribution in [3.63, 3.8) is 0 Å². The number of rotatable bonds is 5. The van der Waals surface area contributed by atoms with Crippen LogP contribution in [0.3, 0.4) is 0 Å². The van der Waals surface area contributed by atoms with Gasteiger partial charge >= 0.3 is 0 Å². The van der Waals surface area contributed by atoms with Crippen molar-refractivity contribution in [2.45, 2.75) is 52.2 Å². The number of carbonyl (C=O) groups is 1. The zero-order valence-corrected chi connectivity index (χ0v) is 18.3. The normalized spacial score (nSPS) is 23.6. The lowest BCUT2D eigenvalue weighted by atomic mass is 9.95. The molecule has 0 N–H and O–H groups in total. The molecule has 0 aromatic carbocycles. The Kier molecular flexibility index (Phi) is 6.49. The van der Waals surface area contributed by atoms with Crippen LogP contribution in [0.15, 0.2) is 30.6 Å². The number of piperidine rings is 1. The Balaban J connectivity index is 1.37. The lowest BCUT2D eigenvalue weighted by Crippen LogP contribution is -2.48. The predicted octanol–water partition coefficient (Wildman–Crippen LogP) is 2.79. The molecule has 30 heavy (non-hydrogen) atoms. The molecule has 1 amide bonds. The van der Waals surface area contributed by atoms with Gasteiger partial charge in [-0.15, -0.1) is 0 Å². The number of aromatic nitrogens is 3. The molecule has 0 aliphatic carbocycles. The summed E-state index contributed by atoms with van der Waals surface area (Å²) in [5, 5.41) is 4.47. The van der Waals surface area contributed by atoms with E-state index in [0.29, 0.717) is 23.7 Å². The van der Waals surface area contributed by atoms with E-state index < -0.39 is 0 Å². The van der Waals surface area contributed by atoms with Gasteiger partial charge in [-0.05, 0) is 51.2 Å². The van der Waals surface area contributed by atoms with E-state index in [-0.39, 0.29) is 5.91 Å². The van der Waals surface area contributed by atoms with Gasteiger partial charge in [0.1, 0.15) is 0 Å². The highest BCUT2D eigenvalue weighted by Gasteiger charge is 2.29. The number of carbonyl (C=O) groups excluding carboxylic acids is 1. The van der Waals surface area contributed by atoms with Gasteiger partial charge in [0.15, 0.2) is 5.82 Å². The summed E-state index contributed by atoms with van der Waals surface area (Å²) in [6.45, 7) is 11.1. The second-order valence-electron chi connectivity index (χ2n) is 8.67. The van der Waals surface area contributed by atoms with Gasteiger partial charge < -0.3 is 9.64 Å². The Bertz CT molecular complexity index is 835.